The Hall–Kier alpha value is -3.58. The van der Waals surface area contributed by atoms with Crippen LogP contribution < -0.4 is 15.6 Å². The van der Waals surface area contributed by atoms with Crippen LogP contribution in [0.15, 0.2) is 82.7 Å². The van der Waals surface area contributed by atoms with Gasteiger partial charge in [0.25, 0.3) is 5.56 Å². The number of aryl methyl sites for hydroxylation is 1. The van der Waals surface area contributed by atoms with Crippen molar-refractivity contribution >= 4 is 28.6 Å². The van der Waals surface area contributed by atoms with Gasteiger partial charge in [0.15, 0.2) is 5.16 Å². The normalized spacial score (nSPS) is 15.0. The Kier molecular flexibility index (Phi) is 5.88. The standard InChI is InChI=1S/C26H23N3O3S/c1-17-10-12-18(13-11-17)29-25(31)20-7-2-4-8-21(20)28-26(29)33-16-24(30)27-22-14-15-32-23-9-5-3-6-19(22)23/h2-13,22H,14-16H2,1H3,(H,27,30)/t22-/m1/s1. The molecule has 0 saturated carbocycles. The van der Waals surface area contributed by atoms with Crippen molar-refractivity contribution in [1.29, 1.82) is 0 Å². The number of thioether (sulfide) groups is 1. The highest BCUT2D eigenvalue weighted by atomic mass is 32.2. The first kappa shape index (κ1) is 21.3. The molecule has 0 spiro atoms. The molecule has 5 rings (SSSR count). The number of rotatable bonds is 5. The molecule has 1 amide bonds. The minimum absolute atomic E-state index is 0.0908. The van der Waals surface area contributed by atoms with Crippen molar-refractivity contribution in [3.8, 4) is 11.4 Å². The molecule has 166 valence electrons. The van der Waals surface area contributed by atoms with Crippen LogP contribution in [-0.4, -0.2) is 27.8 Å². The lowest BCUT2D eigenvalue weighted by Gasteiger charge is -2.26. The van der Waals surface area contributed by atoms with Gasteiger partial charge in [-0.3, -0.25) is 14.2 Å². The zero-order valence-corrected chi connectivity index (χ0v) is 19.0. The number of benzene rings is 3. The number of ether oxygens (including phenoxy) is 1. The lowest BCUT2D eigenvalue weighted by Crippen LogP contribution is -2.33. The highest BCUT2D eigenvalue weighted by molar-refractivity contribution is 7.99. The molecule has 0 radical (unpaired) electrons. The van der Waals surface area contributed by atoms with E-state index in [1.165, 1.54) is 11.8 Å². The molecule has 1 aromatic heterocycles. The van der Waals surface area contributed by atoms with E-state index in [0.717, 1.165) is 29.0 Å². The molecule has 1 N–H and O–H groups in total. The predicted octanol–water partition coefficient (Wildman–Crippen LogP) is 4.43. The largest absolute Gasteiger partial charge is 0.493 e. The van der Waals surface area contributed by atoms with Crippen molar-refractivity contribution in [3.05, 3.63) is 94.3 Å². The van der Waals surface area contributed by atoms with Gasteiger partial charge in [-0.25, -0.2) is 4.98 Å². The number of para-hydroxylation sites is 2. The van der Waals surface area contributed by atoms with Gasteiger partial charge < -0.3 is 10.1 Å². The summed E-state index contributed by atoms with van der Waals surface area (Å²) >= 11 is 1.26. The summed E-state index contributed by atoms with van der Waals surface area (Å²) in [6.07, 6.45) is 0.718. The molecule has 2 heterocycles. The van der Waals surface area contributed by atoms with E-state index in [4.69, 9.17) is 9.72 Å². The van der Waals surface area contributed by atoms with Gasteiger partial charge in [-0.1, -0.05) is 59.8 Å². The van der Waals surface area contributed by atoms with Crippen LogP contribution in [0.2, 0.25) is 0 Å². The van der Waals surface area contributed by atoms with Gasteiger partial charge >= 0.3 is 0 Å². The minimum atomic E-state index is -0.147. The van der Waals surface area contributed by atoms with Gasteiger partial charge in [0.05, 0.1) is 35.0 Å². The summed E-state index contributed by atoms with van der Waals surface area (Å²) in [5.74, 6) is 0.849. The summed E-state index contributed by atoms with van der Waals surface area (Å²) in [4.78, 5) is 30.9. The number of carbonyl (C=O) groups excluding carboxylic acids is 1. The predicted molar refractivity (Wildman–Crippen MR) is 130 cm³/mol. The first-order valence-electron chi connectivity index (χ1n) is 10.8. The highest BCUT2D eigenvalue weighted by Gasteiger charge is 2.23. The second-order valence-electron chi connectivity index (χ2n) is 7.97. The number of aromatic nitrogens is 2. The molecular formula is C26H23N3O3S. The fourth-order valence-electron chi connectivity index (χ4n) is 3.99. The van der Waals surface area contributed by atoms with Crippen LogP contribution in [0.4, 0.5) is 0 Å². The van der Waals surface area contributed by atoms with Crippen LogP contribution in [0.25, 0.3) is 16.6 Å². The summed E-state index contributed by atoms with van der Waals surface area (Å²) in [6, 6.07) is 22.7. The topological polar surface area (TPSA) is 73.2 Å². The molecule has 3 aromatic carbocycles. The molecular weight excluding hydrogens is 434 g/mol. The smallest absolute Gasteiger partial charge is 0.266 e. The van der Waals surface area contributed by atoms with E-state index in [1.807, 2.05) is 73.7 Å². The quantitative estimate of drug-likeness (QED) is 0.355. The van der Waals surface area contributed by atoms with E-state index >= 15 is 0 Å². The Morgan fingerprint density at radius 1 is 1.09 bits per heavy atom. The molecule has 0 unspecified atom stereocenters. The van der Waals surface area contributed by atoms with Crippen molar-refractivity contribution in [2.24, 2.45) is 0 Å². The molecule has 33 heavy (non-hydrogen) atoms. The fourth-order valence-corrected chi connectivity index (χ4v) is 4.81. The molecule has 0 fully saturated rings. The number of amides is 1. The van der Waals surface area contributed by atoms with E-state index in [1.54, 1.807) is 10.6 Å². The molecule has 1 aliphatic rings. The Labute approximate surface area is 195 Å². The Balaban J connectivity index is 1.42. The molecule has 0 bridgehead atoms. The number of carbonyl (C=O) groups is 1. The van der Waals surface area contributed by atoms with E-state index in [2.05, 4.69) is 5.32 Å². The SMILES string of the molecule is Cc1ccc(-n2c(SCC(=O)N[C@@H]3CCOc4ccccc43)nc3ccccc3c2=O)cc1. The van der Waals surface area contributed by atoms with Crippen molar-refractivity contribution in [1.82, 2.24) is 14.9 Å². The van der Waals surface area contributed by atoms with Crippen LogP contribution in [-0.2, 0) is 4.79 Å². The second-order valence-corrected chi connectivity index (χ2v) is 8.91. The van der Waals surface area contributed by atoms with E-state index < -0.39 is 0 Å². The average Bonchev–Trinajstić information content (AvgIpc) is 2.84. The van der Waals surface area contributed by atoms with Gasteiger partial charge in [-0.05, 0) is 37.3 Å². The molecule has 6 nitrogen and oxygen atoms in total. The van der Waals surface area contributed by atoms with Crippen molar-refractivity contribution in [2.45, 2.75) is 24.5 Å². The van der Waals surface area contributed by atoms with Gasteiger partial charge in [0, 0.05) is 12.0 Å². The van der Waals surface area contributed by atoms with Crippen LogP contribution in [0.5, 0.6) is 5.75 Å². The Morgan fingerprint density at radius 3 is 2.70 bits per heavy atom. The number of fused-ring (bicyclic) bond motifs is 2. The maximum Gasteiger partial charge on any atom is 0.266 e. The lowest BCUT2D eigenvalue weighted by atomic mass is 10.0. The van der Waals surface area contributed by atoms with E-state index in [9.17, 15) is 9.59 Å². The number of hydrogen-bond donors (Lipinski definition) is 1. The third-order valence-corrected chi connectivity index (χ3v) is 6.60. The third kappa shape index (κ3) is 4.36. The van der Waals surface area contributed by atoms with Crippen LogP contribution >= 0.6 is 11.8 Å². The second kappa shape index (κ2) is 9.11. The minimum Gasteiger partial charge on any atom is -0.493 e. The maximum absolute atomic E-state index is 13.3. The van der Waals surface area contributed by atoms with Crippen molar-refractivity contribution in [2.75, 3.05) is 12.4 Å². The molecule has 7 heteroatoms. The van der Waals surface area contributed by atoms with Crippen LogP contribution in [0.3, 0.4) is 0 Å². The lowest BCUT2D eigenvalue weighted by molar-refractivity contribution is -0.119. The summed E-state index contributed by atoms with van der Waals surface area (Å²) in [5.41, 5.74) is 3.29. The van der Waals surface area contributed by atoms with Crippen LogP contribution in [0, 0.1) is 6.92 Å². The van der Waals surface area contributed by atoms with Crippen LogP contribution in [0.1, 0.15) is 23.6 Å². The molecule has 0 saturated heterocycles. The van der Waals surface area contributed by atoms with Crippen molar-refractivity contribution < 1.29 is 9.53 Å². The molecule has 0 aliphatic carbocycles. The van der Waals surface area contributed by atoms with Gasteiger partial charge in [-0.15, -0.1) is 0 Å². The number of nitrogens with zero attached hydrogens (tertiary/aromatic N) is 2. The summed E-state index contributed by atoms with van der Waals surface area (Å²) in [7, 11) is 0. The first-order chi connectivity index (χ1) is 16.1. The zero-order valence-electron chi connectivity index (χ0n) is 18.2. The first-order valence-corrected chi connectivity index (χ1v) is 11.8. The molecule has 1 aliphatic heterocycles. The van der Waals surface area contributed by atoms with Gasteiger partial charge in [0.1, 0.15) is 5.75 Å². The van der Waals surface area contributed by atoms with E-state index in [0.29, 0.717) is 22.7 Å². The summed E-state index contributed by atoms with van der Waals surface area (Å²) < 4.78 is 7.27. The monoisotopic (exact) mass is 457 g/mol. The highest BCUT2D eigenvalue weighted by Crippen LogP contribution is 2.31. The Morgan fingerprint density at radius 2 is 1.85 bits per heavy atom. The molecule has 4 aromatic rings. The third-order valence-electron chi connectivity index (χ3n) is 5.66. The average molecular weight is 458 g/mol. The summed E-state index contributed by atoms with van der Waals surface area (Å²) in [5, 5.41) is 4.15. The Bertz CT molecular complexity index is 1380. The number of hydrogen-bond acceptors (Lipinski definition) is 5. The fraction of sp³-hybridized carbons (Fsp3) is 0.192. The van der Waals surface area contributed by atoms with Gasteiger partial charge in [0.2, 0.25) is 5.91 Å². The summed E-state index contributed by atoms with van der Waals surface area (Å²) in [6.45, 7) is 2.56. The van der Waals surface area contributed by atoms with Gasteiger partial charge in [-0.2, -0.15) is 0 Å². The van der Waals surface area contributed by atoms with E-state index in [-0.39, 0.29) is 23.3 Å². The number of nitrogens with one attached hydrogen (secondary N) is 1. The maximum atomic E-state index is 13.3. The zero-order chi connectivity index (χ0) is 22.8. The van der Waals surface area contributed by atoms with Crippen molar-refractivity contribution in [3.63, 3.8) is 0 Å². The molecule has 1 atom stereocenters.